The maximum absolute atomic E-state index is 13.1. The number of carbonyl (C=O) groups excluding carboxylic acids is 1. The number of methoxy groups -OCH3 is 2. The first-order valence-electron chi connectivity index (χ1n) is 9.99. The minimum atomic E-state index is -0.293. The first kappa shape index (κ1) is 21.1. The second-order valence-corrected chi connectivity index (χ2v) is 7.10. The van der Waals surface area contributed by atoms with Gasteiger partial charge in [0.1, 0.15) is 17.3 Å². The van der Waals surface area contributed by atoms with Gasteiger partial charge in [-0.25, -0.2) is 4.39 Å². The molecule has 0 radical (unpaired) electrons. The summed E-state index contributed by atoms with van der Waals surface area (Å²) in [6.07, 6.45) is 3.62. The van der Waals surface area contributed by atoms with Crippen molar-refractivity contribution >= 4 is 29.0 Å². The Kier molecular flexibility index (Phi) is 6.17. The Hall–Kier alpha value is -4.13. The van der Waals surface area contributed by atoms with Gasteiger partial charge in [0.25, 0.3) is 5.91 Å². The highest BCUT2D eigenvalue weighted by Gasteiger charge is 2.18. The highest BCUT2D eigenvalue weighted by molar-refractivity contribution is 6.05. The largest absolute Gasteiger partial charge is 0.497 e. The zero-order valence-electron chi connectivity index (χ0n) is 17.7. The van der Waals surface area contributed by atoms with Gasteiger partial charge in [0.2, 0.25) is 0 Å². The van der Waals surface area contributed by atoms with Crippen molar-refractivity contribution in [2.75, 3.05) is 14.2 Å². The fourth-order valence-electron chi connectivity index (χ4n) is 3.43. The van der Waals surface area contributed by atoms with E-state index >= 15 is 0 Å². The van der Waals surface area contributed by atoms with Gasteiger partial charge >= 0.3 is 0 Å². The second kappa shape index (κ2) is 9.34. The molecule has 2 N–H and O–H groups in total. The van der Waals surface area contributed by atoms with E-state index in [0.717, 1.165) is 22.4 Å². The minimum absolute atomic E-state index is 0.263. The van der Waals surface area contributed by atoms with Gasteiger partial charge in [0.15, 0.2) is 0 Å². The summed E-state index contributed by atoms with van der Waals surface area (Å²) >= 11 is 0. The molecule has 0 atom stereocenters. The predicted octanol–water partition coefficient (Wildman–Crippen LogP) is 4.82. The summed E-state index contributed by atoms with van der Waals surface area (Å²) in [5, 5.41) is 10.9. The van der Waals surface area contributed by atoms with Crippen LogP contribution >= 0.6 is 0 Å². The van der Waals surface area contributed by atoms with Crippen molar-refractivity contribution in [2.24, 2.45) is 0 Å². The van der Waals surface area contributed by atoms with Gasteiger partial charge in [-0.05, 0) is 53.6 Å². The molecule has 0 aliphatic rings. The molecule has 162 valence electrons. The SMILES string of the molecule is COc1cccc(CNC(=O)c2ccc3[nH]nc(C=Cc4ccc(F)cc4)c3c2OC)c1. The molecule has 6 nitrogen and oxygen atoms in total. The molecular formula is C25H22FN3O3. The van der Waals surface area contributed by atoms with Crippen molar-refractivity contribution in [3.63, 3.8) is 0 Å². The number of rotatable bonds is 7. The number of fused-ring (bicyclic) bond motifs is 1. The fourth-order valence-corrected chi connectivity index (χ4v) is 3.43. The molecular weight excluding hydrogens is 409 g/mol. The predicted molar refractivity (Wildman–Crippen MR) is 122 cm³/mol. The molecule has 0 aliphatic carbocycles. The Morgan fingerprint density at radius 3 is 2.62 bits per heavy atom. The van der Waals surface area contributed by atoms with Crippen molar-refractivity contribution < 1.29 is 18.7 Å². The van der Waals surface area contributed by atoms with E-state index in [-0.39, 0.29) is 11.7 Å². The van der Waals surface area contributed by atoms with E-state index in [1.807, 2.05) is 30.3 Å². The van der Waals surface area contributed by atoms with Crippen LogP contribution in [0, 0.1) is 5.82 Å². The van der Waals surface area contributed by atoms with Crippen LogP contribution in [0.25, 0.3) is 23.1 Å². The Morgan fingerprint density at radius 1 is 1.06 bits per heavy atom. The molecule has 0 bridgehead atoms. The second-order valence-electron chi connectivity index (χ2n) is 7.10. The quantitative estimate of drug-likeness (QED) is 0.440. The van der Waals surface area contributed by atoms with Gasteiger partial charge in [-0.3, -0.25) is 9.89 Å². The number of nitrogens with zero attached hydrogens (tertiary/aromatic N) is 1. The topological polar surface area (TPSA) is 76.2 Å². The summed E-state index contributed by atoms with van der Waals surface area (Å²) < 4.78 is 24.0. The number of amides is 1. The number of hydrogen-bond acceptors (Lipinski definition) is 4. The maximum atomic E-state index is 13.1. The summed E-state index contributed by atoms with van der Waals surface area (Å²) in [6, 6.07) is 17.1. The standard InChI is InChI=1S/C25H22FN3O3/c1-31-19-5-3-4-17(14-19)15-27-25(30)20-11-13-22-23(24(20)32-2)21(28-29-22)12-8-16-6-9-18(26)10-7-16/h3-14H,15H2,1-2H3,(H,27,30)(H,28,29). The van der Waals surface area contributed by atoms with E-state index in [4.69, 9.17) is 9.47 Å². The number of nitrogens with one attached hydrogen (secondary N) is 2. The van der Waals surface area contributed by atoms with E-state index in [2.05, 4.69) is 15.5 Å². The van der Waals surface area contributed by atoms with Crippen LogP contribution < -0.4 is 14.8 Å². The van der Waals surface area contributed by atoms with Crippen molar-refractivity contribution in [1.82, 2.24) is 15.5 Å². The Morgan fingerprint density at radius 2 is 1.88 bits per heavy atom. The molecule has 0 saturated heterocycles. The third-order valence-corrected chi connectivity index (χ3v) is 5.05. The monoisotopic (exact) mass is 431 g/mol. The molecule has 4 rings (SSSR count). The normalized spacial score (nSPS) is 11.1. The van der Waals surface area contributed by atoms with Gasteiger partial charge in [0.05, 0.1) is 36.4 Å². The average molecular weight is 431 g/mol. The highest BCUT2D eigenvalue weighted by atomic mass is 19.1. The van der Waals surface area contributed by atoms with Crippen LogP contribution in [0.4, 0.5) is 4.39 Å². The van der Waals surface area contributed by atoms with Crippen LogP contribution in [0.5, 0.6) is 11.5 Å². The molecule has 1 aromatic heterocycles. The fraction of sp³-hybridized carbons (Fsp3) is 0.120. The zero-order valence-corrected chi connectivity index (χ0v) is 17.7. The van der Waals surface area contributed by atoms with E-state index < -0.39 is 0 Å². The summed E-state index contributed by atoms with van der Waals surface area (Å²) in [5.41, 5.74) is 3.51. The molecule has 0 saturated carbocycles. The van der Waals surface area contributed by atoms with Crippen molar-refractivity contribution in [3.8, 4) is 11.5 Å². The average Bonchev–Trinajstić information content (AvgIpc) is 3.25. The van der Waals surface area contributed by atoms with Crippen LogP contribution in [0.2, 0.25) is 0 Å². The molecule has 0 fully saturated rings. The lowest BCUT2D eigenvalue weighted by Gasteiger charge is -2.11. The van der Waals surface area contributed by atoms with E-state index in [1.54, 1.807) is 37.5 Å². The zero-order chi connectivity index (χ0) is 22.5. The summed E-state index contributed by atoms with van der Waals surface area (Å²) in [4.78, 5) is 12.9. The van der Waals surface area contributed by atoms with Gasteiger partial charge in [-0.2, -0.15) is 5.10 Å². The van der Waals surface area contributed by atoms with Crippen LogP contribution in [0.3, 0.4) is 0 Å². The van der Waals surface area contributed by atoms with Gasteiger partial charge in [-0.1, -0.05) is 30.3 Å². The van der Waals surface area contributed by atoms with E-state index in [0.29, 0.717) is 28.9 Å². The molecule has 4 aromatic rings. The van der Waals surface area contributed by atoms with E-state index in [1.165, 1.54) is 19.2 Å². The van der Waals surface area contributed by atoms with Crippen LogP contribution in [0.1, 0.15) is 27.2 Å². The van der Waals surface area contributed by atoms with E-state index in [9.17, 15) is 9.18 Å². The third kappa shape index (κ3) is 4.46. The van der Waals surface area contributed by atoms with Gasteiger partial charge in [-0.15, -0.1) is 0 Å². The number of benzene rings is 3. The molecule has 3 aromatic carbocycles. The van der Waals surface area contributed by atoms with Crippen molar-refractivity contribution in [3.05, 3.63) is 88.9 Å². The summed E-state index contributed by atoms with van der Waals surface area (Å²) in [6.45, 7) is 0.347. The molecule has 0 spiro atoms. The number of hydrogen-bond donors (Lipinski definition) is 2. The van der Waals surface area contributed by atoms with Crippen LogP contribution in [-0.2, 0) is 6.54 Å². The molecule has 1 heterocycles. The highest BCUT2D eigenvalue weighted by Crippen LogP contribution is 2.32. The smallest absolute Gasteiger partial charge is 0.255 e. The number of H-pyrrole nitrogens is 1. The lowest BCUT2D eigenvalue weighted by Crippen LogP contribution is -2.23. The third-order valence-electron chi connectivity index (χ3n) is 5.05. The first-order valence-corrected chi connectivity index (χ1v) is 9.99. The number of aromatic nitrogens is 2. The lowest BCUT2D eigenvalue weighted by atomic mass is 10.1. The van der Waals surface area contributed by atoms with Gasteiger partial charge in [0, 0.05) is 6.54 Å². The Bertz CT molecular complexity index is 1280. The molecule has 7 heteroatoms. The molecule has 0 aliphatic heterocycles. The molecule has 1 amide bonds. The van der Waals surface area contributed by atoms with Gasteiger partial charge < -0.3 is 14.8 Å². The summed E-state index contributed by atoms with van der Waals surface area (Å²) in [7, 11) is 3.12. The minimum Gasteiger partial charge on any atom is -0.497 e. The Labute approximate surface area is 184 Å². The maximum Gasteiger partial charge on any atom is 0.255 e. The lowest BCUT2D eigenvalue weighted by molar-refractivity contribution is 0.0948. The number of ether oxygens (including phenoxy) is 2. The van der Waals surface area contributed by atoms with Crippen molar-refractivity contribution in [1.29, 1.82) is 0 Å². The van der Waals surface area contributed by atoms with Crippen LogP contribution in [-0.4, -0.2) is 30.3 Å². The first-order chi connectivity index (χ1) is 15.6. The van der Waals surface area contributed by atoms with Crippen molar-refractivity contribution in [2.45, 2.75) is 6.54 Å². The number of carbonyl (C=O) groups is 1. The molecule has 32 heavy (non-hydrogen) atoms. The Balaban J connectivity index is 1.61. The number of halogens is 1. The number of aromatic amines is 1. The molecule has 0 unspecified atom stereocenters. The summed E-state index contributed by atoms with van der Waals surface area (Å²) in [5.74, 6) is 0.602. The van der Waals surface area contributed by atoms with Crippen LogP contribution in [0.15, 0.2) is 60.7 Å².